The van der Waals surface area contributed by atoms with Crippen LogP contribution in [0, 0.1) is 6.92 Å². The molecular weight excluding hydrogens is 324 g/mol. The van der Waals surface area contributed by atoms with E-state index in [1.807, 2.05) is 19.9 Å². The first-order valence-electron chi connectivity index (χ1n) is 6.47. The van der Waals surface area contributed by atoms with Crippen LogP contribution in [0.15, 0.2) is 22.7 Å². The lowest BCUT2D eigenvalue weighted by Gasteiger charge is -2.08. The predicted octanol–water partition coefficient (Wildman–Crippen LogP) is 2.24. The van der Waals surface area contributed by atoms with Crippen LogP contribution in [-0.4, -0.2) is 31.6 Å². The number of carbonyl (C=O) groups is 2. The molecule has 0 saturated heterocycles. The Morgan fingerprint density at radius 3 is 2.70 bits per heavy atom. The van der Waals surface area contributed by atoms with Gasteiger partial charge in [0.25, 0.3) is 0 Å². The van der Waals surface area contributed by atoms with Gasteiger partial charge in [0.15, 0.2) is 0 Å². The summed E-state index contributed by atoms with van der Waals surface area (Å²) in [6, 6.07) is 5.35. The van der Waals surface area contributed by atoms with E-state index in [-0.39, 0.29) is 0 Å². The Kier molecular flexibility index (Phi) is 7.25. The van der Waals surface area contributed by atoms with Gasteiger partial charge in [-0.3, -0.25) is 9.59 Å². The number of ether oxygens (including phenoxy) is 1. The van der Waals surface area contributed by atoms with Crippen LogP contribution in [0.3, 0.4) is 0 Å². The molecule has 2 amide bonds. The molecule has 5 nitrogen and oxygen atoms in total. The molecule has 0 aliphatic carbocycles. The van der Waals surface area contributed by atoms with Crippen LogP contribution < -0.4 is 10.6 Å². The maximum Gasteiger partial charge on any atom is 0.313 e. The number of aryl methyl sites for hydroxylation is 1. The molecule has 110 valence electrons. The average molecular weight is 343 g/mol. The van der Waals surface area contributed by atoms with E-state index in [1.165, 1.54) is 0 Å². The maximum atomic E-state index is 11.7. The Balaban J connectivity index is 2.37. The smallest absolute Gasteiger partial charge is 0.313 e. The lowest BCUT2D eigenvalue weighted by atomic mass is 10.2. The van der Waals surface area contributed by atoms with E-state index in [1.54, 1.807) is 12.1 Å². The molecule has 1 aromatic rings. The minimum atomic E-state index is -0.664. The number of nitrogens with one attached hydrogen (secondary N) is 2. The van der Waals surface area contributed by atoms with Crippen molar-refractivity contribution >= 4 is 33.4 Å². The van der Waals surface area contributed by atoms with E-state index in [9.17, 15) is 9.59 Å². The molecular formula is C14H19BrN2O3. The van der Waals surface area contributed by atoms with Crippen LogP contribution in [0.1, 0.15) is 18.9 Å². The summed E-state index contributed by atoms with van der Waals surface area (Å²) < 4.78 is 6.09. The second-order valence-corrected chi connectivity index (χ2v) is 5.08. The molecule has 0 aromatic heterocycles. The highest BCUT2D eigenvalue weighted by molar-refractivity contribution is 9.10. The summed E-state index contributed by atoms with van der Waals surface area (Å²) in [5.41, 5.74) is 1.58. The van der Waals surface area contributed by atoms with Crippen molar-refractivity contribution in [3.63, 3.8) is 0 Å². The van der Waals surface area contributed by atoms with E-state index >= 15 is 0 Å². The highest BCUT2D eigenvalue weighted by Gasteiger charge is 2.13. The topological polar surface area (TPSA) is 67.4 Å². The molecule has 1 rings (SSSR count). The minimum absolute atomic E-state index is 0.422. The highest BCUT2D eigenvalue weighted by Crippen LogP contribution is 2.19. The number of hydrogen-bond donors (Lipinski definition) is 2. The monoisotopic (exact) mass is 342 g/mol. The van der Waals surface area contributed by atoms with E-state index in [0.29, 0.717) is 31.9 Å². The summed E-state index contributed by atoms with van der Waals surface area (Å²) in [6.07, 6.45) is 0.685. The quantitative estimate of drug-likeness (QED) is 0.615. The van der Waals surface area contributed by atoms with Gasteiger partial charge >= 0.3 is 11.8 Å². The molecule has 20 heavy (non-hydrogen) atoms. The van der Waals surface area contributed by atoms with Gasteiger partial charge in [0.05, 0.1) is 0 Å². The molecule has 0 saturated carbocycles. The number of amides is 2. The summed E-state index contributed by atoms with van der Waals surface area (Å²) >= 11 is 3.38. The number of anilines is 1. The Labute approximate surface area is 127 Å². The SMILES string of the molecule is CCOCCCNC(=O)C(=O)Nc1ccc(Br)c(C)c1. The van der Waals surface area contributed by atoms with Crippen molar-refractivity contribution in [3.8, 4) is 0 Å². The van der Waals surface area contributed by atoms with Crippen molar-refractivity contribution in [1.29, 1.82) is 0 Å². The molecule has 0 aliphatic rings. The standard InChI is InChI=1S/C14H19BrN2O3/c1-3-20-8-4-7-16-13(18)14(19)17-11-5-6-12(15)10(2)9-11/h5-6,9H,3-4,7-8H2,1-2H3,(H,16,18)(H,17,19). The van der Waals surface area contributed by atoms with Gasteiger partial charge < -0.3 is 15.4 Å². The average Bonchev–Trinajstić information content (AvgIpc) is 2.42. The van der Waals surface area contributed by atoms with E-state index in [4.69, 9.17) is 4.74 Å². The number of hydrogen-bond acceptors (Lipinski definition) is 3. The fraction of sp³-hybridized carbons (Fsp3) is 0.429. The van der Waals surface area contributed by atoms with Crippen molar-refractivity contribution in [2.24, 2.45) is 0 Å². The maximum absolute atomic E-state index is 11.7. The van der Waals surface area contributed by atoms with Gasteiger partial charge in [-0.25, -0.2) is 0 Å². The summed E-state index contributed by atoms with van der Waals surface area (Å²) in [7, 11) is 0. The number of carbonyl (C=O) groups excluding carboxylic acids is 2. The summed E-state index contributed by atoms with van der Waals surface area (Å²) in [4.78, 5) is 23.2. The van der Waals surface area contributed by atoms with E-state index < -0.39 is 11.8 Å². The molecule has 1 aromatic carbocycles. The molecule has 0 heterocycles. The van der Waals surface area contributed by atoms with Gasteiger partial charge in [-0.1, -0.05) is 15.9 Å². The fourth-order valence-corrected chi connectivity index (χ4v) is 1.76. The van der Waals surface area contributed by atoms with Crippen LogP contribution in [0.2, 0.25) is 0 Å². The summed E-state index contributed by atoms with van der Waals surface area (Å²) in [6.45, 7) is 5.47. The Hall–Kier alpha value is -1.40. The van der Waals surface area contributed by atoms with Gasteiger partial charge in [-0.15, -0.1) is 0 Å². The predicted molar refractivity (Wildman–Crippen MR) is 81.6 cm³/mol. The van der Waals surface area contributed by atoms with Gasteiger partial charge in [0.1, 0.15) is 0 Å². The zero-order valence-electron chi connectivity index (χ0n) is 11.7. The third-order valence-corrected chi connectivity index (χ3v) is 3.47. The molecule has 0 bridgehead atoms. The van der Waals surface area contributed by atoms with E-state index in [2.05, 4.69) is 26.6 Å². The van der Waals surface area contributed by atoms with Crippen LogP contribution in [0.25, 0.3) is 0 Å². The van der Waals surface area contributed by atoms with Gasteiger partial charge in [-0.05, 0) is 44.0 Å². The normalized spacial score (nSPS) is 10.2. The summed E-state index contributed by atoms with van der Waals surface area (Å²) in [5, 5.41) is 5.11. The van der Waals surface area contributed by atoms with Crippen LogP contribution in [-0.2, 0) is 14.3 Å². The van der Waals surface area contributed by atoms with Crippen molar-refractivity contribution in [3.05, 3.63) is 28.2 Å². The molecule has 0 aliphatic heterocycles. The van der Waals surface area contributed by atoms with Crippen LogP contribution in [0.5, 0.6) is 0 Å². The van der Waals surface area contributed by atoms with E-state index in [0.717, 1.165) is 10.0 Å². The van der Waals surface area contributed by atoms with Crippen molar-refractivity contribution in [2.45, 2.75) is 20.3 Å². The molecule has 6 heteroatoms. The molecule has 0 spiro atoms. The number of benzene rings is 1. The van der Waals surface area contributed by atoms with Crippen molar-refractivity contribution in [2.75, 3.05) is 25.1 Å². The molecule has 2 N–H and O–H groups in total. The molecule has 0 radical (unpaired) electrons. The van der Waals surface area contributed by atoms with Crippen LogP contribution >= 0.6 is 15.9 Å². The minimum Gasteiger partial charge on any atom is -0.382 e. The zero-order valence-corrected chi connectivity index (χ0v) is 13.2. The highest BCUT2D eigenvalue weighted by atomic mass is 79.9. The fourth-order valence-electron chi connectivity index (χ4n) is 1.51. The first kappa shape index (κ1) is 16.7. The first-order chi connectivity index (χ1) is 9.54. The second kappa shape index (κ2) is 8.71. The molecule has 0 fully saturated rings. The molecule has 0 unspecified atom stereocenters. The third kappa shape index (κ3) is 5.71. The number of rotatable bonds is 6. The van der Waals surface area contributed by atoms with Gasteiger partial charge in [0, 0.05) is 29.9 Å². The first-order valence-corrected chi connectivity index (χ1v) is 7.27. The third-order valence-electron chi connectivity index (χ3n) is 2.58. The summed E-state index contributed by atoms with van der Waals surface area (Å²) in [5.74, 6) is -1.30. The Morgan fingerprint density at radius 2 is 2.05 bits per heavy atom. The van der Waals surface area contributed by atoms with Gasteiger partial charge in [0.2, 0.25) is 0 Å². The largest absolute Gasteiger partial charge is 0.382 e. The van der Waals surface area contributed by atoms with Gasteiger partial charge in [-0.2, -0.15) is 0 Å². The zero-order chi connectivity index (χ0) is 15.0. The molecule has 0 atom stereocenters. The number of halogens is 1. The van der Waals surface area contributed by atoms with Crippen LogP contribution in [0.4, 0.5) is 5.69 Å². The lowest BCUT2D eigenvalue weighted by molar-refractivity contribution is -0.136. The Bertz CT molecular complexity index is 477. The lowest BCUT2D eigenvalue weighted by Crippen LogP contribution is -2.36. The van der Waals surface area contributed by atoms with Crippen molar-refractivity contribution < 1.29 is 14.3 Å². The Morgan fingerprint density at radius 1 is 1.30 bits per heavy atom. The second-order valence-electron chi connectivity index (χ2n) is 4.22. The van der Waals surface area contributed by atoms with Crippen molar-refractivity contribution in [1.82, 2.24) is 5.32 Å².